The predicted molar refractivity (Wildman–Crippen MR) is 47.5 cm³/mol. The fourth-order valence-corrected chi connectivity index (χ4v) is 1.57. The van der Waals surface area contributed by atoms with Crippen molar-refractivity contribution in [3.63, 3.8) is 0 Å². The molecule has 1 N–H and O–H groups in total. The molecule has 0 radical (unpaired) electrons. The van der Waals surface area contributed by atoms with Crippen molar-refractivity contribution < 1.29 is 14.6 Å². The third-order valence-corrected chi connectivity index (χ3v) is 2.17. The van der Waals surface area contributed by atoms with Gasteiger partial charge in [0.25, 0.3) is 0 Å². The number of para-hydroxylation sites is 1. The molecule has 1 aromatic carbocycles. The van der Waals surface area contributed by atoms with Crippen molar-refractivity contribution in [3.05, 3.63) is 30.3 Å². The van der Waals surface area contributed by atoms with Crippen LogP contribution in [0.25, 0.3) is 16.9 Å². The van der Waals surface area contributed by atoms with E-state index in [4.69, 9.17) is 0 Å². The van der Waals surface area contributed by atoms with E-state index in [-0.39, 0.29) is 11.8 Å². The number of hydrogen-bond donors (Lipinski definition) is 1. The molecule has 0 saturated carbocycles. The SMILES string of the molecule is O=C1C=C(O)[n+]2c3ccccc3nn21. The van der Waals surface area contributed by atoms with Gasteiger partial charge >= 0.3 is 11.8 Å². The Balaban J connectivity index is 2.50. The highest BCUT2D eigenvalue weighted by Gasteiger charge is 2.32. The van der Waals surface area contributed by atoms with Crippen molar-refractivity contribution in [2.75, 3.05) is 0 Å². The second-order valence-corrected chi connectivity index (χ2v) is 3.03. The molecule has 5 nitrogen and oxygen atoms in total. The highest BCUT2D eigenvalue weighted by molar-refractivity contribution is 5.94. The number of fused-ring (bicyclic) bond motifs is 3. The monoisotopic (exact) mass is 188 g/mol. The van der Waals surface area contributed by atoms with Gasteiger partial charge in [0.15, 0.2) is 0 Å². The van der Waals surface area contributed by atoms with Gasteiger partial charge in [-0.1, -0.05) is 16.8 Å². The Hall–Kier alpha value is -2.17. The van der Waals surface area contributed by atoms with E-state index in [1.54, 1.807) is 12.1 Å². The number of carbonyl (C=O) groups is 1. The smallest absolute Gasteiger partial charge is 0.337 e. The lowest BCUT2D eigenvalue weighted by Gasteiger charge is -1.87. The summed E-state index contributed by atoms with van der Waals surface area (Å²) in [5.41, 5.74) is 1.40. The van der Waals surface area contributed by atoms with E-state index in [9.17, 15) is 9.90 Å². The number of benzene rings is 1. The van der Waals surface area contributed by atoms with Crippen LogP contribution < -0.4 is 4.68 Å². The van der Waals surface area contributed by atoms with Gasteiger partial charge in [0.05, 0.1) is 11.2 Å². The summed E-state index contributed by atoms with van der Waals surface area (Å²) in [5, 5.41) is 13.5. The molecule has 0 saturated heterocycles. The number of hydrogen-bond acceptors (Lipinski definition) is 3. The summed E-state index contributed by atoms with van der Waals surface area (Å²) in [4.78, 5) is 12.4. The van der Waals surface area contributed by atoms with E-state index in [1.807, 2.05) is 12.1 Å². The molecule has 0 aliphatic carbocycles. The second kappa shape index (κ2) is 2.20. The Labute approximate surface area is 78.5 Å². The standard InChI is InChI=1S/C9H5N3O2/c13-8-5-9(14)12-10-6-3-1-2-4-7(6)11(8)12/h1-5H/p+1. The quantitative estimate of drug-likeness (QED) is 0.606. The van der Waals surface area contributed by atoms with Crippen LogP contribution in [0.5, 0.6) is 0 Å². The van der Waals surface area contributed by atoms with Gasteiger partial charge in [0, 0.05) is 4.80 Å². The minimum atomic E-state index is -0.335. The lowest BCUT2D eigenvalue weighted by molar-refractivity contribution is -0.650. The van der Waals surface area contributed by atoms with Crippen molar-refractivity contribution in [1.82, 2.24) is 9.90 Å². The molecule has 0 amide bonds. The molecule has 0 unspecified atom stereocenters. The van der Waals surface area contributed by atoms with Crippen molar-refractivity contribution in [1.29, 1.82) is 0 Å². The molecule has 3 rings (SSSR count). The molecular weight excluding hydrogens is 182 g/mol. The van der Waals surface area contributed by atoms with Crippen LogP contribution in [0.1, 0.15) is 4.79 Å². The highest BCUT2D eigenvalue weighted by Crippen LogP contribution is 2.11. The van der Waals surface area contributed by atoms with Gasteiger partial charge in [-0.2, -0.15) is 0 Å². The molecule has 2 aromatic rings. The first-order chi connectivity index (χ1) is 6.77. The lowest BCUT2D eigenvalue weighted by Crippen LogP contribution is -2.40. The molecule has 2 heterocycles. The summed E-state index contributed by atoms with van der Waals surface area (Å²) in [6.07, 6.45) is 1.14. The Kier molecular flexibility index (Phi) is 1.14. The van der Waals surface area contributed by atoms with E-state index in [0.717, 1.165) is 10.9 Å². The zero-order valence-electron chi connectivity index (χ0n) is 7.08. The average Bonchev–Trinajstić information content (AvgIpc) is 2.66. The molecule has 14 heavy (non-hydrogen) atoms. The zero-order valence-corrected chi connectivity index (χ0v) is 7.08. The van der Waals surface area contributed by atoms with Gasteiger partial charge in [-0.05, 0) is 12.1 Å². The number of rotatable bonds is 0. The largest absolute Gasteiger partial charge is 0.476 e. The van der Waals surface area contributed by atoms with Crippen molar-refractivity contribution in [2.45, 2.75) is 0 Å². The Morgan fingerprint density at radius 2 is 2.14 bits per heavy atom. The summed E-state index contributed by atoms with van der Waals surface area (Å²) in [5.74, 6) is -0.428. The van der Waals surface area contributed by atoms with Crippen LogP contribution >= 0.6 is 0 Å². The fraction of sp³-hybridized carbons (Fsp3) is 0. The van der Waals surface area contributed by atoms with E-state index in [2.05, 4.69) is 5.10 Å². The second-order valence-electron chi connectivity index (χ2n) is 3.03. The summed E-state index contributed by atoms with van der Waals surface area (Å²) < 4.78 is 1.37. The van der Waals surface area contributed by atoms with Gasteiger partial charge in [-0.25, -0.2) is 0 Å². The van der Waals surface area contributed by atoms with Crippen LogP contribution in [-0.4, -0.2) is 20.9 Å². The minimum absolute atomic E-state index is 0.0938. The summed E-state index contributed by atoms with van der Waals surface area (Å²) >= 11 is 0. The summed E-state index contributed by atoms with van der Waals surface area (Å²) in [7, 11) is 0. The molecule has 5 heteroatoms. The number of aromatic nitrogens is 3. The Bertz CT molecular complexity index is 583. The van der Waals surface area contributed by atoms with Gasteiger partial charge < -0.3 is 5.11 Å². The van der Waals surface area contributed by atoms with Gasteiger partial charge in [-0.3, -0.25) is 4.79 Å². The number of allylic oxidation sites excluding steroid dienone is 1. The molecule has 1 aromatic heterocycles. The van der Waals surface area contributed by atoms with E-state index < -0.39 is 0 Å². The van der Waals surface area contributed by atoms with Gasteiger partial charge in [0.1, 0.15) is 0 Å². The molecular formula is C9H6N3O2+. The van der Waals surface area contributed by atoms with Crippen molar-refractivity contribution in [3.8, 4) is 0 Å². The van der Waals surface area contributed by atoms with Gasteiger partial charge in [-0.15, -0.1) is 0 Å². The highest BCUT2D eigenvalue weighted by atomic mass is 16.3. The molecule has 0 spiro atoms. The molecule has 1 aliphatic rings. The first kappa shape index (κ1) is 7.25. The third-order valence-electron chi connectivity index (χ3n) is 2.17. The first-order valence-electron chi connectivity index (χ1n) is 4.13. The van der Waals surface area contributed by atoms with Crippen molar-refractivity contribution >= 4 is 22.8 Å². The molecule has 1 aliphatic heterocycles. The van der Waals surface area contributed by atoms with Gasteiger partial charge in [0.2, 0.25) is 11.0 Å². The summed E-state index contributed by atoms with van der Waals surface area (Å²) in [6.45, 7) is 0. The number of nitrogens with zero attached hydrogens (tertiary/aromatic N) is 3. The number of carbonyl (C=O) groups excluding carboxylic acids is 1. The average molecular weight is 188 g/mol. The zero-order chi connectivity index (χ0) is 9.71. The van der Waals surface area contributed by atoms with Crippen LogP contribution in [0, 0.1) is 0 Å². The third kappa shape index (κ3) is 0.711. The Morgan fingerprint density at radius 1 is 1.36 bits per heavy atom. The number of aliphatic hydroxyl groups is 1. The predicted octanol–water partition coefficient (Wildman–Crippen LogP) is 0.334. The molecule has 0 bridgehead atoms. The maximum atomic E-state index is 11.3. The topological polar surface area (TPSA) is 59.0 Å². The lowest BCUT2D eigenvalue weighted by atomic mass is 10.3. The summed E-state index contributed by atoms with van der Waals surface area (Å²) in [6, 6.07) is 7.24. The van der Waals surface area contributed by atoms with Crippen LogP contribution in [0.2, 0.25) is 0 Å². The number of aliphatic hydroxyl groups excluding tert-OH is 1. The van der Waals surface area contributed by atoms with Crippen LogP contribution in [-0.2, 0) is 0 Å². The normalized spacial score (nSPS) is 14.6. The maximum Gasteiger partial charge on any atom is 0.337 e. The minimum Gasteiger partial charge on any atom is -0.476 e. The van der Waals surface area contributed by atoms with Crippen molar-refractivity contribution in [2.24, 2.45) is 0 Å². The van der Waals surface area contributed by atoms with Crippen LogP contribution in [0.15, 0.2) is 30.3 Å². The van der Waals surface area contributed by atoms with E-state index in [0.29, 0.717) is 11.0 Å². The van der Waals surface area contributed by atoms with E-state index >= 15 is 0 Å². The molecule has 0 fully saturated rings. The molecule has 0 atom stereocenters. The molecule has 68 valence electrons. The Morgan fingerprint density at radius 3 is 3.00 bits per heavy atom. The van der Waals surface area contributed by atoms with Crippen LogP contribution in [0.4, 0.5) is 0 Å². The van der Waals surface area contributed by atoms with Crippen LogP contribution in [0.3, 0.4) is 0 Å². The fourth-order valence-electron chi connectivity index (χ4n) is 1.57. The maximum absolute atomic E-state index is 11.3. The first-order valence-corrected chi connectivity index (χ1v) is 4.13. The van der Waals surface area contributed by atoms with E-state index in [1.165, 1.54) is 4.68 Å².